The number of amides is 1. The van der Waals surface area contributed by atoms with Gasteiger partial charge in [0.2, 0.25) is 5.88 Å². The van der Waals surface area contributed by atoms with Crippen LogP contribution in [0.25, 0.3) is 0 Å². The van der Waals surface area contributed by atoms with Crippen molar-refractivity contribution in [2.75, 3.05) is 12.4 Å². The van der Waals surface area contributed by atoms with Crippen molar-refractivity contribution in [2.24, 2.45) is 10.7 Å². The predicted octanol–water partition coefficient (Wildman–Crippen LogP) is 3.52. The van der Waals surface area contributed by atoms with E-state index in [1.165, 1.54) is 26.3 Å². The molecule has 0 bridgehead atoms. The Balaban J connectivity index is 1.99. The van der Waals surface area contributed by atoms with Crippen molar-refractivity contribution in [2.45, 2.75) is 44.3 Å². The van der Waals surface area contributed by atoms with Crippen molar-refractivity contribution in [1.29, 1.82) is 0 Å². The van der Waals surface area contributed by atoms with Gasteiger partial charge in [-0.2, -0.15) is 0 Å². The molecule has 1 aliphatic heterocycles. The van der Waals surface area contributed by atoms with E-state index in [4.69, 9.17) is 10.5 Å². The molecule has 1 aliphatic rings. The molecule has 1 aromatic carbocycles. The summed E-state index contributed by atoms with van der Waals surface area (Å²) in [6, 6.07) is 3.12. The van der Waals surface area contributed by atoms with E-state index in [0.717, 1.165) is 26.0 Å². The van der Waals surface area contributed by atoms with Crippen molar-refractivity contribution in [3.8, 4) is 5.88 Å². The number of hydrogen-bond acceptors (Lipinski definition) is 6. The summed E-state index contributed by atoms with van der Waals surface area (Å²) in [7, 11) is 1.39. The number of aromatic nitrogens is 2. The Kier molecular flexibility index (Phi) is 5.41. The molecule has 0 radical (unpaired) electrons. The van der Waals surface area contributed by atoms with Crippen LogP contribution >= 0.6 is 0 Å². The molecule has 0 spiro atoms. The highest BCUT2D eigenvalue weighted by Crippen LogP contribution is 2.50. The number of ether oxygens (including phenoxy) is 1. The van der Waals surface area contributed by atoms with Crippen molar-refractivity contribution >= 4 is 17.4 Å². The fourth-order valence-electron chi connectivity index (χ4n) is 3.32. The van der Waals surface area contributed by atoms with E-state index in [2.05, 4.69) is 20.3 Å². The number of carbonyl (C=O) groups is 1. The summed E-state index contributed by atoms with van der Waals surface area (Å²) < 4.78 is 63.6. The molecule has 0 saturated heterocycles. The average molecular weight is 439 g/mol. The first-order valence-corrected chi connectivity index (χ1v) is 9.22. The molecule has 0 saturated carbocycles. The topological polar surface area (TPSA) is 102 Å². The monoisotopic (exact) mass is 439 g/mol. The third-order valence-corrected chi connectivity index (χ3v) is 5.24. The second-order valence-electron chi connectivity index (χ2n) is 7.64. The number of aryl methyl sites for hydroxylation is 1. The summed E-state index contributed by atoms with van der Waals surface area (Å²) >= 11 is 0. The molecule has 0 fully saturated rings. The van der Waals surface area contributed by atoms with Crippen LogP contribution in [0.15, 0.2) is 29.4 Å². The average Bonchev–Trinajstić information content (AvgIpc) is 2.67. The van der Waals surface area contributed by atoms with Gasteiger partial charge in [0.15, 0.2) is 11.2 Å². The molecule has 2 atom stereocenters. The number of nitrogens with one attached hydrogen (secondary N) is 1. The number of nitrogens with zero attached hydrogens (tertiary/aromatic N) is 3. The van der Waals surface area contributed by atoms with Crippen LogP contribution in [-0.2, 0) is 5.54 Å². The smallest absolute Gasteiger partial charge is 0.280 e. The van der Waals surface area contributed by atoms with Crippen LogP contribution < -0.4 is 15.8 Å². The Labute approximate surface area is 175 Å². The molecule has 2 aromatic rings. The second-order valence-corrected chi connectivity index (χ2v) is 7.64. The Morgan fingerprint density at radius 2 is 1.94 bits per heavy atom. The highest BCUT2D eigenvalue weighted by molar-refractivity contribution is 6.03. The summed E-state index contributed by atoms with van der Waals surface area (Å²) in [5.41, 5.74) is 0.268. The number of rotatable bonds is 4. The number of carbonyl (C=O) groups excluding carboxylic acids is 1. The van der Waals surface area contributed by atoms with Gasteiger partial charge < -0.3 is 15.8 Å². The van der Waals surface area contributed by atoms with Crippen LogP contribution in [0.4, 0.5) is 23.2 Å². The first kappa shape index (κ1) is 22.4. The molecule has 11 heteroatoms. The van der Waals surface area contributed by atoms with Crippen LogP contribution in [0.5, 0.6) is 5.88 Å². The van der Waals surface area contributed by atoms with E-state index in [0.29, 0.717) is 0 Å². The number of benzene rings is 1. The highest BCUT2D eigenvalue weighted by Gasteiger charge is 2.60. The van der Waals surface area contributed by atoms with Gasteiger partial charge in [0.1, 0.15) is 17.3 Å². The molecular formula is C20H21F4N5O2. The number of hydrogen-bond donors (Lipinski definition) is 2. The van der Waals surface area contributed by atoms with Crippen molar-refractivity contribution < 1.29 is 27.1 Å². The van der Waals surface area contributed by atoms with Gasteiger partial charge in [-0.15, -0.1) is 0 Å². The number of nitrogens with two attached hydrogens (primary N) is 1. The van der Waals surface area contributed by atoms with Crippen LogP contribution in [0.1, 0.15) is 42.0 Å². The lowest BCUT2D eigenvalue weighted by Crippen LogP contribution is -2.56. The van der Waals surface area contributed by atoms with E-state index in [-0.39, 0.29) is 23.0 Å². The summed E-state index contributed by atoms with van der Waals surface area (Å²) in [6.07, 6.45) is -0.0183. The van der Waals surface area contributed by atoms with Crippen LogP contribution in [0.3, 0.4) is 0 Å². The molecule has 0 aliphatic carbocycles. The van der Waals surface area contributed by atoms with Crippen LogP contribution in [0, 0.1) is 12.7 Å². The molecule has 0 unspecified atom stereocenters. The summed E-state index contributed by atoms with van der Waals surface area (Å²) in [5, 5.41) is 2.47. The fraction of sp³-hybridized carbons (Fsp3) is 0.400. The minimum atomic E-state index is -3.75. The van der Waals surface area contributed by atoms with Gasteiger partial charge in [-0.25, -0.2) is 27.5 Å². The fourth-order valence-corrected chi connectivity index (χ4v) is 3.32. The van der Waals surface area contributed by atoms with Gasteiger partial charge in [-0.05, 0) is 39.0 Å². The van der Waals surface area contributed by atoms with Gasteiger partial charge in [-0.1, -0.05) is 0 Å². The van der Waals surface area contributed by atoms with Crippen molar-refractivity contribution in [3.05, 3.63) is 47.2 Å². The van der Waals surface area contributed by atoms with Gasteiger partial charge in [0, 0.05) is 11.3 Å². The van der Waals surface area contributed by atoms with E-state index >= 15 is 0 Å². The molecular weight excluding hydrogens is 418 g/mol. The number of alkyl halides is 3. The van der Waals surface area contributed by atoms with Crippen molar-refractivity contribution in [3.63, 3.8) is 0 Å². The lowest BCUT2D eigenvalue weighted by molar-refractivity contribution is -0.106. The standard InChI is InChI=1S/C20H21F4N5O2/c1-10-15(26-8-14(27-10)31-4)16(30)28-11-5-6-13(21)12(7-11)19(3)20(23,24)9-18(2,22)17(25)29-19/h5-8H,9H2,1-4H3,(H2,25,29)(H,28,30)/t18-,19+/m0/s1. The molecule has 2 heterocycles. The summed E-state index contributed by atoms with van der Waals surface area (Å²) in [6.45, 7) is 3.40. The SMILES string of the molecule is COc1cnc(C(=O)Nc2ccc(F)c([C@@]3(C)N=C(N)[C@@](C)(F)CC3(F)F)c2)c(C)n1. The number of halogens is 4. The van der Waals surface area contributed by atoms with Gasteiger partial charge in [-0.3, -0.25) is 9.79 Å². The third-order valence-electron chi connectivity index (χ3n) is 5.24. The number of methoxy groups -OCH3 is 1. The maximum atomic E-state index is 14.9. The summed E-state index contributed by atoms with van der Waals surface area (Å²) in [4.78, 5) is 24.2. The zero-order valence-corrected chi connectivity index (χ0v) is 17.3. The molecule has 166 valence electrons. The lowest BCUT2D eigenvalue weighted by atomic mass is 9.77. The molecule has 31 heavy (non-hydrogen) atoms. The largest absolute Gasteiger partial charge is 0.480 e. The Hall–Kier alpha value is -3.24. The van der Waals surface area contributed by atoms with E-state index in [9.17, 15) is 22.4 Å². The predicted molar refractivity (Wildman–Crippen MR) is 106 cm³/mol. The third kappa shape index (κ3) is 3.91. The van der Waals surface area contributed by atoms with E-state index < -0.39 is 46.7 Å². The quantitative estimate of drug-likeness (QED) is 0.710. The first-order valence-electron chi connectivity index (χ1n) is 9.22. The normalized spacial score (nSPS) is 25.0. The van der Waals surface area contributed by atoms with Crippen molar-refractivity contribution in [1.82, 2.24) is 9.97 Å². The van der Waals surface area contributed by atoms with Gasteiger partial charge >= 0.3 is 0 Å². The summed E-state index contributed by atoms with van der Waals surface area (Å²) in [5.74, 6) is -5.88. The van der Waals surface area contributed by atoms with E-state index in [1.54, 1.807) is 0 Å². The number of anilines is 1. The van der Waals surface area contributed by atoms with Gasteiger partial charge in [0.05, 0.1) is 25.4 Å². The number of aliphatic imine (C=N–C) groups is 1. The molecule has 3 N–H and O–H groups in total. The molecule has 1 aromatic heterocycles. The first-order chi connectivity index (χ1) is 14.3. The molecule has 1 amide bonds. The zero-order valence-electron chi connectivity index (χ0n) is 17.3. The maximum absolute atomic E-state index is 14.9. The number of amidine groups is 1. The Morgan fingerprint density at radius 3 is 2.55 bits per heavy atom. The highest BCUT2D eigenvalue weighted by atomic mass is 19.3. The Bertz CT molecular complexity index is 1070. The minimum absolute atomic E-state index is 0.0119. The minimum Gasteiger partial charge on any atom is -0.480 e. The Morgan fingerprint density at radius 1 is 1.26 bits per heavy atom. The second kappa shape index (κ2) is 7.47. The molecule has 7 nitrogen and oxygen atoms in total. The molecule has 3 rings (SSSR count). The van der Waals surface area contributed by atoms with Crippen LogP contribution in [-0.4, -0.2) is 40.4 Å². The van der Waals surface area contributed by atoms with Gasteiger partial charge in [0.25, 0.3) is 11.8 Å². The van der Waals surface area contributed by atoms with E-state index in [1.807, 2.05) is 0 Å². The van der Waals surface area contributed by atoms with Crippen LogP contribution in [0.2, 0.25) is 0 Å². The zero-order chi connectivity index (χ0) is 23.2. The lowest BCUT2D eigenvalue weighted by Gasteiger charge is -2.42. The maximum Gasteiger partial charge on any atom is 0.280 e.